The molecule has 84 valence electrons. The van der Waals surface area contributed by atoms with Crippen LogP contribution in [0.2, 0.25) is 0 Å². The zero-order valence-corrected chi connectivity index (χ0v) is 9.53. The van der Waals surface area contributed by atoms with Crippen LogP contribution in [-0.2, 0) is 9.53 Å². The summed E-state index contributed by atoms with van der Waals surface area (Å²) in [6, 6.07) is 1.31. The lowest BCUT2D eigenvalue weighted by atomic mass is 9.97. The van der Waals surface area contributed by atoms with Gasteiger partial charge in [-0.3, -0.25) is 4.90 Å². The second-order valence-corrected chi connectivity index (χ2v) is 4.51. The van der Waals surface area contributed by atoms with Gasteiger partial charge in [0.15, 0.2) is 0 Å². The van der Waals surface area contributed by atoms with Gasteiger partial charge in [0.25, 0.3) is 0 Å². The van der Waals surface area contributed by atoms with Crippen LogP contribution in [0.15, 0.2) is 11.6 Å². The highest BCUT2D eigenvalue weighted by Gasteiger charge is 2.35. The first kappa shape index (κ1) is 10.7. The van der Waals surface area contributed by atoms with Crippen LogP contribution in [0.5, 0.6) is 0 Å². The average molecular weight is 209 g/mol. The highest BCUT2D eigenvalue weighted by Crippen LogP contribution is 2.36. The Morgan fingerprint density at radius 2 is 2.07 bits per heavy atom. The Morgan fingerprint density at radius 3 is 2.60 bits per heavy atom. The van der Waals surface area contributed by atoms with Gasteiger partial charge in [-0.15, -0.1) is 0 Å². The fraction of sp³-hybridized carbons (Fsp3) is 0.750. The van der Waals surface area contributed by atoms with Crippen molar-refractivity contribution in [2.75, 3.05) is 13.7 Å². The van der Waals surface area contributed by atoms with Crippen molar-refractivity contribution in [2.45, 2.75) is 44.7 Å². The minimum atomic E-state index is -0.170. The molecule has 3 heteroatoms. The van der Waals surface area contributed by atoms with Crippen molar-refractivity contribution >= 4 is 5.97 Å². The zero-order valence-electron chi connectivity index (χ0n) is 9.53. The number of nitrogens with zero attached hydrogens (tertiary/aromatic N) is 1. The molecule has 15 heavy (non-hydrogen) atoms. The number of rotatable bonds is 2. The van der Waals surface area contributed by atoms with Crippen LogP contribution in [-0.4, -0.2) is 36.6 Å². The predicted molar refractivity (Wildman–Crippen MR) is 58.5 cm³/mol. The van der Waals surface area contributed by atoms with Crippen molar-refractivity contribution in [3.05, 3.63) is 11.6 Å². The first-order valence-corrected chi connectivity index (χ1v) is 5.79. The molecule has 0 aromatic carbocycles. The van der Waals surface area contributed by atoms with Crippen molar-refractivity contribution in [3.63, 3.8) is 0 Å². The van der Waals surface area contributed by atoms with Gasteiger partial charge >= 0.3 is 5.97 Å². The number of piperidine rings is 1. The number of hydrogen-bond acceptors (Lipinski definition) is 3. The molecular formula is C12H19NO2. The Bertz CT molecular complexity index is 269. The number of hydrogen-bond donors (Lipinski definition) is 0. The molecule has 0 aliphatic carbocycles. The van der Waals surface area contributed by atoms with E-state index < -0.39 is 0 Å². The van der Waals surface area contributed by atoms with E-state index in [9.17, 15) is 4.79 Å². The van der Waals surface area contributed by atoms with Gasteiger partial charge in [0.05, 0.1) is 6.61 Å². The highest BCUT2D eigenvalue weighted by atomic mass is 16.5. The van der Waals surface area contributed by atoms with Gasteiger partial charge in [-0.2, -0.15) is 0 Å². The second-order valence-electron chi connectivity index (χ2n) is 4.51. The average Bonchev–Trinajstić information content (AvgIpc) is 2.43. The molecule has 0 N–H and O–H groups in total. The Labute approximate surface area is 91.1 Å². The molecule has 2 rings (SSSR count). The lowest BCUT2D eigenvalue weighted by Crippen LogP contribution is -2.37. The van der Waals surface area contributed by atoms with E-state index in [4.69, 9.17) is 4.74 Å². The number of carbonyl (C=O) groups is 1. The molecule has 2 heterocycles. The van der Waals surface area contributed by atoms with Crippen LogP contribution >= 0.6 is 0 Å². The molecule has 0 radical (unpaired) electrons. The van der Waals surface area contributed by atoms with Crippen LogP contribution in [0, 0.1) is 0 Å². The molecule has 0 saturated carbocycles. The van der Waals surface area contributed by atoms with E-state index in [0.717, 1.165) is 12.8 Å². The number of carbonyl (C=O) groups excluding carboxylic acids is 1. The van der Waals surface area contributed by atoms with E-state index in [1.807, 2.05) is 6.92 Å². The van der Waals surface area contributed by atoms with Crippen molar-refractivity contribution < 1.29 is 9.53 Å². The molecule has 2 unspecified atom stereocenters. The summed E-state index contributed by atoms with van der Waals surface area (Å²) < 4.78 is 4.93. The standard InChI is InChI=1S/C12H19NO2/c1-3-15-12(14)8-9-6-10-4-5-11(7-9)13(10)2/h8,10-11H,3-7H2,1-2H3. The molecular weight excluding hydrogens is 190 g/mol. The largest absolute Gasteiger partial charge is 0.463 e. The maximum atomic E-state index is 11.3. The molecule has 2 fully saturated rings. The van der Waals surface area contributed by atoms with E-state index in [1.54, 1.807) is 6.08 Å². The third-order valence-corrected chi connectivity index (χ3v) is 3.59. The van der Waals surface area contributed by atoms with Crippen LogP contribution < -0.4 is 0 Å². The van der Waals surface area contributed by atoms with Gasteiger partial charge in [0, 0.05) is 18.2 Å². The summed E-state index contributed by atoms with van der Waals surface area (Å²) in [4.78, 5) is 13.8. The normalized spacial score (nSPS) is 30.4. The SMILES string of the molecule is CCOC(=O)C=C1CC2CCC(C1)N2C. The van der Waals surface area contributed by atoms with Crippen LogP contribution in [0.3, 0.4) is 0 Å². The van der Waals surface area contributed by atoms with Crippen molar-refractivity contribution in [1.82, 2.24) is 4.90 Å². The van der Waals surface area contributed by atoms with Gasteiger partial charge in [-0.25, -0.2) is 4.79 Å². The minimum Gasteiger partial charge on any atom is -0.463 e. The maximum absolute atomic E-state index is 11.3. The Kier molecular flexibility index (Phi) is 3.10. The van der Waals surface area contributed by atoms with E-state index in [0.29, 0.717) is 18.7 Å². The van der Waals surface area contributed by atoms with E-state index >= 15 is 0 Å². The monoisotopic (exact) mass is 209 g/mol. The Morgan fingerprint density at radius 1 is 1.47 bits per heavy atom. The topological polar surface area (TPSA) is 29.5 Å². The van der Waals surface area contributed by atoms with Crippen molar-refractivity contribution in [2.24, 2.45) is 0 Å². The number of esters is 1. The van der Waals surface area contributed by atoms with Crippen molar-refractivity contribution in [3.8, 4) is 0 Å². The zero-order chi connectivity index (χ0) is 10.8. The second kappa shape index (κ2) is 4.35. The maximum Gasteiger partial charge on any atom is 0.330 e. The molecule has 0 amide bonds. The third-order valence-electron chi connectivity index (χ3n) is 3.59. The van der Waals surface area contributed by atoms with Crippen LogP contribution in [0.4, 0.5) is 0 Å². The lowest BCUT2D eigenvalue weighted by molar-refractivity contribution is -0.137. The molecule has 2 saturated heterocycles. The predicted octanol–water partition coefficient (Wildman–Crippen LogP) is 1.73. The molecule has 2 atom stereocenters. The van der Waals surface area contributed by atoms with Crippen LogP contribution in [0.1, 0.15) is 32.6 Å². The molecule has 3 nitrogen and oxygen atoms in total. The molecule has 0 spiro atoms. The van der Waals surface area contributed by atoms with Gasteiger partial charge < -0.3 is 4.74 Å². The third kappa shape index (κ3) is 2.23. The summed E-state index contributed by atoms with van der Waals surface area (Å²) in [5.74, 6) is -0.170. The molecule has 2 aliphatic rings. The van der Waals surface area contributed by atoms with Gasteiger partial charge in [-0.05, 0) is 39.7 Å². The fourth-order valence-electron chi connectivity index (χ4n) is 2.74. The summed E-state index contributed by atoms with van der Waals surface area (Å²) in [6.45, 7) is 2.31. The summed E-state index contributed by atoms with van der Waals surface area (Å²) >= 11 is 0. The van der Waals surface area contributed by atoms with Gasteiger partial charge in [0.2, 0.25) is 0 Å². The smallest absolute Gasteiger partial charge is 0.330 e. The minimum absolute atomic E-state index is 0.170. The van der Waals surface area contributed by atoms with E-state index in [2.05, 4.69) is 11.9 Å². The quantitative estimate of drug-likeness (QED) is 0.512. The van der Waals surface area contributed by atoms with Gasteiger partial charge in [-0.1, -0.05) is 5.57 Å². The van der Waals surface area contributed by atoms with E-state index in [1.165, 1.54) is 18.4 Å². The lowest BCUT2D eigenvalue weighted by Gasteiger charge is -2.32. The van der Waals surface area contributed by atoms with Gasteiger partial charge in [0.1, 0.15) is 0 Å². The molecule has 0 aromatic heterocycles. The summed E-state index contributed by atoms with van der Waals surface area (Å²) in [6.07, 6.45) is 6.36. The summed E-state index contributed by atoms with van der Waals surface area (Å²) in [5.41, 5.74) is 1.28. The summed E-state index contributed by atoms with van der Waals surface area (Å²) in [7, 11) is 2.20. The number of ether oxygens (including phenoxy) is 1. The molecule has 0 aromatic rings. The first-order valence-electron chi connectivity index (χ1n) is 5.79. The Balaban J connectivity index is 1.99. The molecule has 2 aliphatic heterocycles. The summed E-state index contributed by atoms with van der Waals surface area (Å²) in [5, 5.41) is 0. The van der Waals surface area contributed by atoms with E-state index in [-0.39, 0.29) is 5.97 Å². The Hall–Kier alpha value is -0.830. The van der Waals surface area contributed by atoms with Crippen LogP contribution in [0.25, 0.3) is 0 Å². The number of fused-ring (bicyclic) bond motifs is 2. The van der Waals surface area contributed by atoms with Crippen molar-refractivity contribution in [1.29, 1.82) is 0 Å². The highest BCUT2D eigenvalue weighted by molar-refractivity contribution is 5.82. The fourth-order valence-corrected chi connectivity index (χ4v) is 2.74. The first-order chi connectivity index (χ1) is 7.20. The molecule has 2 bridgehead atoms.